The lowest BCUT2D eigenvalue weighted by molar-refractivity contribution is -0.120. The van der Waals surface area contributed by atoms with Crippen LogP contribution in [-0.2, 0) is 21.1 Å². The number of aryl methyl sites for hydroxylation is 3. The number of benzene rings is 1. The number of carbonyl (C=O) groups is 1. The van der Waals surface area contributed by atoms with E-state index in [-0.39, 0.29) is 17.7 Å². The van der Waals surface area contributed by atoms with Crippen molar-refractivity contribution in [3.8, 4) is 0 Å². The highest BCUT2D eigenvalue weighted by Crippen LogP contribution is 2.31. The number of fused-ring (bicyclic) bond motifs is 2. The SMILES string of the molecule is Cc1oc2cc3oc(=O)c(CC(=O)N[C@@H]4C=CS(=O)(=O)C4)c(C)c3cc2c1C. The minimum absolute atomic E-state index is 0.166. The maximum atomic E-state index is 12.5. The van der Waals surface area contributed by atoms with Gasteiger partial charge in [0.25, 0.3) is 0 Å². The molecule has 3 aromatic rings. The lowest BCUT2D eigenvalue weighted by Gasteiger charge is -2.11. The van der Waals surface area contributed by atoms with E-state index in [0.29, 0.717) is 16.7 Å². The predicted molar refractivity (Wildman–Crippen MR) is 105 cm³/mol. The molecule has 0 saturated carbocycles. The molecular formula is C20H19NO6S. The number of nitrogens with one attached hydrogen (secondary N) is 1. The Kier molecular flexibility index (Phi) is 4.19. The summed E-state index contributed by atoms with van der Waals surface area (Å²) in [7, 11) is -3.27. The molecule has 7 nitrogen and oxygen atoms in total. The molecular weight excluding hydrogens is 382 g/mol. The Morgan fingerprint density at radius 1 is 1.11 bits per heavy atom. The van der Waals surface area contributed by atoms with E-state index in [1.165, 1.54) is 6.08 Å². The number of hydrogen-bond acceptors (Lipinski definition) is 6. The van der Waals surface area contributed by atoms with Gasteiger partial charge in [-0.05, 0) is 44.0 Å². The summed E-state index contributed by atoms with van der Waals surface area (Å²) in [6, 6.07) is 3.01. The van der Waals surface area contributed by atoms with E-state index in [1.807, 2.05) is 19.9 Å². The number of rotatable bonds is 3. The van der Waals surface area contributed by atoms with Crippen LogP contribution in [0.5, 0.6) is 0 Å². The fraction of sp³-hybridized carbons (Fsp3) is 0.300. The Labute approximate surface area is 160 Å². The Bertz CT molecular complexity index is 1330. The molecule has 1 aromatic carbocycles. The van der Waals surface area contributed by atoms with Crippen LogP contribution in [0.15, 0.2) is 37.2 Å². The zero-order valence-corrected chi connectivity index (χ0v) is 16.5. The highest BCUT2D eigenvalue weighted by atomic mass is 32.2. The average molecular weight is 401 g/mol. The van der Waals surface area contributed by atoms with Crippen LogP contribution in [0.3, 0.4) is 0 Å². The molecule has 146 valence electrons. The normalized spacial score (nSPS) is 18.2. The molecule has 8 heteroatoms. The van der Waals surface area contributed by atoms with Crippen LogP contribution >= 0.6 is 0 Å². The molecule has 0 bridgehead atoms. The van der Waals surface area contributed by atoms with E-state index < -0.39 is 27.4 Å². The van der Waals surface area contributed by atoms with Crippen LogP contribution in [0.2, 0.25) is 0 Å². The standard InChI is InChI=1S/C20H19NO6S/c1-10-12(3)26-17-8-18-15(6-14(10)17)11(2)16(20(23)27-18)7-19(22)21-13-4-5-28(24,25)9-13/h4-6,8,13H,7,9H2,1-3H3,(H,21,22)/t13-/m1/s1. The maximum Gasteiger partial charge on any atom is 0.340 e. The monoisotopic (exact) mass is 401 g/mol. The van der Waals surface area contributed by atoms with Crippen molar-refractivity contribution in [2.24, 2.45) is 0 Å². The van der Waals surface area contributed by atoms with Crippen molar-refractivity contribution in [1.29, 1.82) is 0 Å². The first-order valence-corrected chi connectivity index (χ1v) is 10.5. The van der Waals surface area contributed by atoms with Gasteiger partial charge in [0.1, 0.15) is 16.9 Å². The molecule has 1 amide bonds. The van der Waals surface area contributed by atoms with Crippen LogP contribution in [0.4, 0.5) is 0 Å². The molecule has 1 aliphatic heterocycles. The third-order valence-electron chi connectivity index (χ3n) is 5.20. The van der Waals surface area contributed by atoms with Gasteiger partial charge in [-0.15, -0.1) is 0 Å². The highest BCUT2D eigenvalue weighted by Gasteiger charge is 2.24. The summed E-state index contributed by atoms with van der Waals surface area (Å²) in [5.74, 6) is 0.198. The lowest BCUT2D eigenvalue weighted by atomic mass is 10.0. The summed E-state index contributed by atoms with van der Waals surface area (Å²) in [6.07, 6.45) is 1.25. The molecule has 0 spiro atoms. The van der Waals surface area contributed by atoms with Crippen molar-refractivity contribution in [3.63, 3.8) is 0 Å². The maximum absolute atomic E-state index is 12.5. The van der Waals surface area contributed by atoms with Crippen molar-refractivity contribution in [2.45, 2.75) is 33.2 Å². The van der Waals surface area contributed by atoms with Crippen LogP contribution in [0, 0.1) is 20.8 Å². The number of amides is 1. The second kappa shape index (κ2) is 6.34. The van der Waals surface area contributed by atoms with E-state index in [4.69, 9.17) is 8.83 Å². The molecule has 28 heavy (non-hydrogen) atoms. The van der Waals surface area contributed by atoms with E-state index in [2.05, 4.69) is 5.32 Å². The molecule has 0 radical (unpaired) electrons. The number of sulfone groups is 1. The summed E-state index contributed by atoms with van der Waals surface area (Å²) in [6.45, 7) is 5.60. The minimum atomic E-state index is -3.27. The fourth-order valence-electron chi connectivity index (χ4n) is 3.51. The van der Waals surface area contributed by atoms with Gasteiger partial charge in [0, 0.05) is 22.2 Å². The molecule has 0 unspecified atom stereocenters. The summed E-state index contributed by atoms with van der Waals surface area (Å²) < 4.78 is 34.0. The Morgan fingerprint density at radius 2 is 1.79 bits per heavy atom. The number of hydrogen-bond donors (Lipinski definition) is 1. The van der Waals surface area contributed by atoms with Crippen molar-refractivity contribution in [2.75, 3.05) is 5.75 Å². The summed E-state index contributed by atoms with van der Waals surface area (Å²) in [5.41, 5.74) is 2.39. The van der Waals surface area contributed by atoms with Gasteiger partial charge >= 0.3 is 5.63 Å². The molecule has 1 N–H and O–H groups in total. The molecule has 0 saturated heterocycles. The highest BCUT2D eigenvalue weighted by molar-refractivity contribution is 7.94. The lowest BCUT2D eigenvalue weighted by Crippen LogP contribution is -2.37. The quantitative estimate of drug-likeness (QED) is 0.676. The van der Waals surface area contributed by atoms with Gasteiger partial charge < -0.3 is 14.2 Å². The Hall–Kier alpha value is -2.87. The van der Waals surface area contributed by atoms with Crippen LogP contribution in [-0.4, -0.2) is 26.1 Å². The fourth-order valence-corrected chi connectivity index (χ4v) is 4.75. The van der Waals surface area contributed by atoms with Gasteiger partial charge in [-0.25, -0.2) is 13.2 Å². The van der Waals surface area contributed by atoms with Crippen LogP contribution in [0.25, 0.3) is 21.9 Å². The number of carbonyl (C=O) groups excluding carboxylic acids is 1. The number of furan rings is 1. The predicted octanol–water partition coefficient (Wildman–Crippen LogP) is 2.43. The van der Waals surface area contributed by atoms with Crippen molar-refractivity contribution in [3.05, 3.63) is 56.5 Å². The minimum Gasteiger partial charge on any atom is -0.461 e. The smallest absolute Gasteiger partial charge is 0.340 e. The van der Waals surface area contributed by atoms with Crippen molar-refractivity contribution < 1.29 is 22.0 Å². The first-order valence-electron chi connectivity index (χ1n) is 8.81. The Morgan fingerprint density at radius 3 is 2.46 bits per heavy atom. The molecule has 1 aliphatic rings. The molecule has 1 atom stereocenters. The van der Waals surface area contributed by atoms with E-state index in [9.17, 15) is 18.0 Å². The Balaban J connectivity index is 1.70. The first-order chi connectivity index (χ1) is 13.1. The van der Waals surface area contributed by atoms with E-state index in [1.54, 1.807) is 13.0 Å². The molecule has 3 heterocycles. The average Bonchev–Trinajstić information content (AvgIpc) is 3.09. The third kappa shape index (κ3) is 3.13. The first kappa shape index (κ1) is 18.5. The molecule has 0 fully saturated rings. The van der Waals surface area contributed by atoms with Gasteiger partial charge in [-0.1, -0.05) is 0 Å². The largest absolute Gasteiger partial charge is 0.461 e. The summed E-state index contributed by atoms with van der Waals surface area (Å²) in [5, 5.41) is 5.39. The van der Waals surface area contributed by atoms with Gasteiger partial charge in [0.2, 0.25) is 5.91 Å². The van der Waals surface area contributed by atoms with Crippen molar-refractivity contribution >= 4 is 37.7 Å². The van der Waals surface area contributed by atoms with Crippen LogP contribution in [0.1, 0.15) is 22.5 Å². The molecule has 2 aromatic heterocycles. The van der Waals surface area contributed by atoms with E-state index >= 15 is 0 Å². The zero-order chi connectivity index (χ0) is 20.2. The third-order valence-corrected chi connectivity index (χ3v) is 6.59. The summed E-state index contributed by atoms with van der Waals surface area (Å²) >= 11 is 0. The van der Waals surface area contributed by atoms with Gasteiger partial charge in [-0.2, -0.15) is 0 Å². The van der Waals surface area contributed by atoms with Crippen LogP contribution < -0.4 is 10.9 Å². The van der Waals surface area contributed by atoms with Gasteiger partial charge in [-0.3, -0.25) is 4.79 Å². The summed E-state index contributed by atoms with van der Waals surface area (Å²) in [4.78, 5) is 24.8. The topological polar surface area (TPSA) is 107 Å². The second-order valence-corrected chi connectivity index (χ2v) is 9.06. The molecule has 4 rings (SSSR count). The second-order valence-electron chi connectivity index (χ2n) is 7.13. The van der Waals surface area contributed by atoms with E-state index in [0.717, 1.165) is 27.5 Å². The van der Waals surface area contributed by atoms with Gasteiger partial charge in [0.05, 0.1) is 23.8 Å². The van der Waals surface area contributed by atoms with Gasteiger partial charge in [0.15, 0.2) is 9.84 Å². The zero-order valence-electron chi connectivity index (χ0n) is 15.7. The molecule has 0 aliphatic carbocycles. The van der Waals surface area contributed by atoms with Crippen molar-refractivity contribution in [1.82, 2.24) is 5.32 Å².